The smallest absolute Gasteiger partial charge is 0.196 e. The molecule has 0 bridgehead atoms. The van der Waals surface area contributed by atoms with Crippen LogP contribution in [0, 0.1) is 5.92 Å². The van der Waals surface area contributed by atoms with E-state index in [9.17, 15) is 4.79 Å². The number of hydrogen-bond donors (Lipinski definition) is 1. The molecule has 0 saturated carbocycles. The summed E-state index contributed by atoms with van der Waals surface area (Å²) in [7, 11) is 0. The van der Waals surface area contributed by atoms with Crippen molar-refractivity contribution in [3.8, 4) is 0 Å². The number of carbonyl (C=O) groups excluding carboxylic acids is 1. The van der Waals surface area contributed by atoms with E-state index in [0.717, 1.165) is 36.6 Å². The van der Waals surface area contributed by atoms with Gasteiger partial charge in [-0.25, -0.2) is 4.98 Å². The van der Waals surface area contributed by atoms with E-state index in [4.69, 9.17) is 5.11 Å². The number of anilines is 1. The van der Waals surface area contributed by atoms with Crippen molar-refractivity contribution in [1.82, 2.24) is 9.38 Å². The summed E-state index contributed by atoms with van der Waals surface area (Å²) in [6.45, 7) is 1.84. The molecular weight excluding hydrogens is 238 g/mol. The van der Waals surface area contributed by atoms with Gasteiger partial charge in [0, 0.05) is 37.2 Å². The van der Waals surface area contributed by atoms with Gasteiger partial charge in [0.1, 0.15) is 5.69 Å². The molecule has 2 aromatic heterocycles. The zero-order valence-corrected chi connectivity index (χ0v) is 10.1. The van der Waals surface area contributed by atoms with Crippen LogP contribution in [0.2, 0.25) is 0 Å². The fourth-order valence-corrected chi connectivity index (χ4v) is 3.02. The lowest BCUT2D eigenvalue weighted by Gasteiger charge is -2.15. The molecule has 0 aliphatic carbocycles. The fraction of sp³-hybridized carbons (Fsp3) is 0.455. The largest absolute Gasteiger partial charge is 0.396 e. The molecule has 17 heavy (non-hydrogen) atoms. The van der Waals surface area contributed by atoms with E-state index < -0.39 is 0 Å². The van der Waals surface area contributed by atoms with Crippen molar-refractivity contribution in [2.24, 2.45) is 5.92 Å². The normalized spacial score (nSPS) is 20.3. The first-order chi connectivity index (χ1) is 8.33. The molecule has 0 amide bonds. The molecule has 3 heterocycles. The SMILES string of the molecule is O=Cc1c(N2CCC(CO)C2)nc2sccn12. The third kappa shape index (κ3) is 1.64. The molecule has 2 aromatic rings. The van der Waals surface area contributed by atoms with E-state index in [1.54, 1.807) is 0 Å². The number of carbonyl (C=O) groups is 1. The fourth-order valence-electron chi connectivity index (χ4n) is 2.31. The minimum atomic E-state index is 0.204. The molecule has 1 N–H and O–H groups in total. The van der Waals surface area contributed by atoms with Gasteiger partial charge in [0.2, 0.25) is 0 Å². The Morgan fingerprint density at radius 1 is 1.65 bits per heavy atom. The van der Waals surface area contributed by atoms with Crippen LogP contribution in [-0.4, -0.2) is 40.5 Å². The van der Waals surface area contributed by atoms with Crippen LogP contribution < -0.4 is 4.90 Å². The second-order valence-corrected chi connectivity index (χ2v) is 5.15. The maximum Gasteiger partial charge on any atom is 0.196 e. The van der Waals surface area contributed by atoms with Crippen LogP contribution >= 0.6 is 11.3 Å². The molecule has 90 valence electrons. The van der Waals surface area contributed by atoms with Crippen molar-refractivity contribution >= 4 is 28.4 Å². The number of fused-ring (bicyclic) bond motifs is 1. The molecule has 1 fully saturated rings. The van der Waals surface area contributed by atoms with Gasteiger partial charge in [-0.3, -0.25) is 9.20 Å². The summed E-state index contributed by atoms with van der Waals surface area (Å²) in [6.07, 6.45) is 3.67. The van der Waals surface area contributed by atoms with Gasteiger partial charge in [-0.2, -0.15) is 0 Å². The van der Waals surface area contributed by atoms with E-state index in [1.165, 1.54) is 11.3 Å². The zero-order chi connectivity index (χ0) is 11.8. The number of aromatic nitrogens is 2. The lowest BCUT2D eigenvalue weighted by Crippen LogP contribution is -2.22. The number of hydrogen-bond acceptors (Lipinski definition) is 5. The predicted octanol–water partition coefficient (Wildman–Crippen LogP) is 1.03. The number of aldehydes is 1. The van der Waals surface area contributed by atoms with Crippen molar-refractivity contribution in [3.05, 3.63) is 17.3 Å². The van der Waals surface area contributed by atoms with Crippen molar-refractivity contribution in [2.75, 3.05) is 24.6 Å². The van der Waals surface area contributed by atoms with Crippen LogP contribution in [0.25, 0.3) is 4.96 Å². The average Bonchev–Trinajstić information content (AvgIpc) is 3.02. The molecule has 5 nitrogen and oxygen atoms in total. The van der Waals surface area contributed by atoms with Crippen LogP contribution in [0.15, 0.2) is 11.6 Å². The second kappa shape index (κ2) is 4.12. The van der Waals surface area contributed by atoms with Crippen LogP contribution in [0.5, 0.6) is 0 Å². The number of thiazole rings is 1. The molecular formula is C11H13N3O2S. The molecule has 6 heteroatoms. The summed E-state index contributed by atoms with van der Waals surface area (Å²) >= 11 is 1.52. The predicted molar refractivity (Wildman–Crippen MR) is 65.9 cm³/mol. The highest BCUT2D eigenvalue weighted by Crippen LogP contribution is 2.27. The van der Waals surface area contributed by atoms with E-state index in [1.807, 2.05) is 16.0 Å². The van der Waals surface area contributed by atoms with Crippen molar-refractivity contribution < 1.29 is 9.90 Å². The van der Waals surface area contributed by atoms with Crippen molar-refractivity contribution in [2.45, 2.75) is 6.42 Å². The summed E-state index contributed by atoms with van der Waals surface area (Å²) < 4.78 is 1.82. The van der Waals surface area contributed by atoms with Crippen molar-refractivity contribution in [3.63, 3.8) is 0 Å². The monoisotopic (exact) mass is 251 g/mol. The zero-order valence-electron chi connectivity index (χ0n) is 9.24. The number of nitrogens with zero attached hydrogens (tertiary/aromatic N) is 3. The molecule has 1 atom stereocenters. The summed E-state index contributed by atoms with van der Waals surface area (Å²) in [6, 6.07) is 0. The average molecular weight is 251 g/mol. The first-order valence-corrected chi connectivity index (χ1v) is 6.48. The summed E-state index contributed by atoms with van der Waals surface area (Å²) in [5.74, 6) is 1.05. The van der Waals surface area contributed by atoms with E-state index in [2.05, 4.69) is 9.88 Å². The Hall–Kier alpha value is -1.40. The molecule has 0 spiro atoms. The highest BCUT2D eigenvalue weighted by atomic mass is 32.1. The Morgan fingerprint density at radius 3 is 3.24 bits per heavy atom. The Labute approximate surface area is 102 Å². The topological polar surface area (TPSA) is 57.8 Å². The number of imidazole rings is 1. The summed E-state index contributed by atoms with van der Waals surface area (Å²) in [5.41, 5.74) is 0.611. The lowest BCUT2D eigenvalue weighted by molar-refractivity contribution is 0.111. The Morgan fingerprint density at radius 2 is 2.53 bits per heavy atom. The van der Waals surface area contributed by atoms with Gasteiger partial charge in [-0.15, -0.1) is 11.3 Å². The Kier molecular flexibility index (Phi) is 2.60. The number of aliphatic hydroxyl groups is 1. The molecule has 3 rings (SSSR count). The minimum Gasteiger partial charge on any atom is -0.396 e. The molecule has 1 aliphatic heterocycles. The quantitative estimate of drug-likeness (QED) is 0.828. The summed E-state index contributed by atoms with van der Waals surface area (Å²) in [5, 5.41) is 11.1. The van der Waals surface area contributed by atoms with Gasteiger partial charge < -0.3 is 10.0 Å². The first-order valence-electron chi connectivity index (χ1n) is 5.60. The highest BCUT2D eigenvalue weighted by molar-refractivity contribution is 7.15. The van der Waals surface area contributed by atoms with Crippen LogP contribution in [-0.2, 0) is 0 Å². The molecule has 1 aliphatic rings. The third-order valence-corrected chi connectivity index (χ3v) is 3.99. The second-order valence-electron chi connectivity index (χ2n) is 4.28. The van der Waals surface area contributed by atoms with Crippen LogP contribution in [0.1, 0.15) is 16.9 Å². The first kappa shape index (κ1) is 10.7. The lowest BCUT2D eigenvalue weighted by atomic mass is 10.1. The van der Waals surface area contributed by atoms with Gasteiger partial charge in [-0.1, -0.05) is 0 Å². The molecule has 0 aromatic carbocycles. The van der Waals surface area contributed by atoms with Gasteiger partial charge >= 0.3 is 0 Å². The van der Waals surface area contributed by atoms with Gasteiger partial charge in [0.05, 0.1) is 0 Å². The summed E-state index contributed by atoms with van der Waals surface area (Å²) in [4.78, 5) is 18.6. The van der Waals surface area contributed by atoms with Gasteiger partial charge in [-0.05, 0) is 6.42 Å². The maximum absolute atomic E-state index is 11.2. The van der Waals surface area contributed by atoms with E-state index in [-0.39, 0.29) is 6.61 Å². The minimum absolute atomic E-state index is 0.204. The standard InChI is InChI=1S/C11H13N3O2S/c15-6-8-1-2-13(5-8)10-9(7-16)14-3-4-17-11(14)12-10/h3-4,7-8,15H,1-2,5-6H2. The maximum atomic E-state index is 11.2. The Balaban J connectivity index is 1.99. The van der Waals surface area contributed by atoms with E-state index >= 15 is 0 Å². The molecule has 1 unspecified atom stereocenters. The molecule has 0 radical (unpaired) electrons. The highest BCUT2D eigenvalue weighted by Gasteiger charge is 2.26. The van der Waals surface area contributed by atoms with Gasteiger partial charge in [0.15, 0.2) is 17.1 Å². The van der Waals surface area contributed by atoms with Crippen LogP contribution in [0.4, 0.5) is 5.82 Å². The van der Waals surface area contributed by atoms with Gasteiger partial charge in [0.25, 0.3) is 0 Å². The van der Waals surface area contributed by atoms with Crippen LogP contribution in [0.3, 0.4) is 0 Å². The number of aliphatic hydroxyl groups excluding tert-OH is 1. The third-order valence-electron chi connectivity index (χ3n) is 3.23. The number of rotatable bonds is 3. The Bertz CT molecular complexity index is 548. The molecule has 1 saturated heterocycles. The van der Waals surface area contributed by atoms with Crippen molar-refractivity contribution in [1.29, 1.82) is 0 Å². The van der Waals surface area contributed by atoms with E-state index in [0.29, 0.717) is 11.6 Å².